The summed E-state index contributed by atoms with van der Waals surface area (Å²) in [6.07, 6.45) is 2.73. The van der Waals surface area contributed by atoms with E-state index in [0.29, 0.717) is 22.8 Å². The van der Waals surface area contributed by atoms with E-state index in [9.17, 15) is 14.9 Å². The molecule has 1 amide bonds. The maximum Gasteiger partial charge on any atom is 0.270 e. The lowest BCUT2D eigenvalue weighted by molar-refractivity contribution is -0.384. The van der Waals surface area contributed by atoms with Gasteiger partial charge in [0, 0.05) is 30.1 Å². The molecule has 0 saturated heterocycles. The predicted molar refractivity (Wildman–Crippen MR) is 95.1 cm³/mol. The molecular formula is C18H14N4O4. The van der Waals surface area contributed by atoms with Gasteiger partial charge in [-0.2, -0.15) is 0 Å². The van der Waals surface area contributed by atoms with E-state index in [-0.39, 0.29) is 17.2 Å². The first-order valence-electron chi connectivity index (χ1n) is 7.59. The van der Waals surface area contributed by atoms with Crippen LogP contribution in [0.25, 0.3) is 11.4 Å². The zero-order chi connectivity index (χ0) is 18.5. The molecule has 0 aliphatic carbocycles. The number of rotatable bonds is 5. The standard InChI is InChI=1S/C18H14N4O4/c1-26-16-8-3-2-7-15(16)21-18(23)13-10-19-17(20-11-13)12-5-4-6-14(9-12)22(24)25/h2-11H,1H3,(H,21,23). The Bertz CT molecular complexity index is 957. The van der Waals surface area contributed by atoms with Crippen LogP contribution < -0.4 is 10.1 Å². The summed E-state index contributed by atoms with van der Waals surface area (Å²) in [5.74, 6) is 0.442. The number of para-hydroxylation sites is 2. The van der Waals surface area contributed by atoms with Gasteiger partial charge in [0.1, 0.15) is 5.75 Å². The van der Waals surface area contributed by atoms with E-state index in [2.05, 4.69) is 15.3 Å². The Morgan fingerprint density at radius 3 is 2.54 bits per heavy atom. The summed E-state index contributed by atoms with van der Waals surface area (Å²) < 4.78 is 5.19. The average Bonchev–Trinajstić information content (AvgIpc) is 2.68. The van der Waals surface area contributed by atoms with E-state index in [1.54, 1.807) is 36.4 Å². The van der Waals surface area contributed by atoms with Crippen LogP contribution >= 0.6 is 0 Å². The molecule has 8 heteroatoms. The molecule has 3 aromatic rings. The number of benzene rings is 2. The predicted octanol–water partition coefficient (Wildman–Crippen LogP) is 3.31. The lowest BCUT2D eigenvalue weighted by Crippen LogP contribution is -2.13. The van der Waals surface area contributed by atoms with Crippen molar-refractivity contribution in [1.82, 2.24) is 9.97 Å². The van der Waals surface area contributed by atoms with Crippen molar-refractivity contribution in [3.05, 3.63) is 76.6 Å². The van der Waals surface area contributed by atoms with E-state index in [1.165, 1.54) is 31.6 Å². The number of carbonyl (C=O) groups excluding carboxylic acids is 1. The number of nitrogens with one attached hydrogen (secondary N) is 1. The van der Waals surface area contributed by atoms with Crippen molar-refractivity contribution in [1.29, 1.82) is 0 Å². The van der Waals surface area contributed by atoms with E-state index in [4.69, 9.17) is 4.74 Å². The van der Waals surface area contributed by atoms with Crippen LogP contribution in [0, 0.1) is 10.1 Å². The Balaban J connectivity index is 1.80. The number of nitrogens with zero attached hydrogens (tertiary/aromatic N) is 3. The number of amides is 1. The fourth-order valence-electron chi connectivity index (χ4n) is 2.30. The molecule has 0 spiro atoms. The molecule has 2 aromatic carbocycles. The second kappa shape index (κ2) is 7.39. The zero-order valence-corrected chi connectivity index (χ0v) is 13.7. The molecule has 0 aliphatic heterocycles. The summed E-state index contributed by atoms with van der Waals surface area (Å²) in [7, 11) is 1.52. The molecule has 0 atom stereocenters. The van der Waals surface area contributed by atoms with E-state index >= 15 is 0 Å². The van der Waals surface area contributed by atoms with Crippen LogP contribution in [0.15, 0.2) is 60.9 Å². The lowest BCUT2D eigenvalue weighted by atomic mass is 10.2. The maximum absolute atomic E-state index is 12.3. The molecule has 3 rings (SSSR count). The molecule has 0 fully saturated rings. The lowest BCUT2D eigenvalue weighted by Gasteiger charge is -2.09. The molecule has 130 valence electrons. The first kappa shape index (κ1) is 17.0. The van der Waals surface area contributed by atoms with Gasteiger partial charge in [-0.3, -0.25) is 14.9 Å². The smallest absolute Gasteiger partial charge is 0.270 e. The minimum absolute atomic E-state index is 0.0518. The molecule has 0 radical (unpaired) electrons. The number of anilines is 1. The second-order valence-corrected chi connectivity index (χ2v) is 5.26. The molecule has 1 heterocycles. The highest BCUT2D eigenvalue weighted by atomic mass is 16.6. The van der Waals surface area contributed by atoms with E-state index in [1.807, 2.05) is 0 Å². The monoisotopic (exact) mass is 350 g/mol. The summed E-state index contributed by atoms with van der Waals surface area (Å²) in [5.41, 5.74) is 1.23. The van der Waals surface area contributed by atoms with Gasteiger partial charge in [0.05, 0.1) is 23.3 Å². The van der Waals surface area contributed by atoms with Crippen molar-refractivity contribution >= 4 is 17.3 Å². The van der Waals surface area contributed by atoms with Gasteiger partial charge in [-0.25, -0.2) is 9.97 Å². The number of non-ortho nitro benzene ring substituents is 1. The molecule has 0 saturated carbocycles. The molecule has 1 aromatic heterocycles. The Morgan fingerprint density at radius 2 is 1.85 bits per heavy atom. The largest absolute Gasteiger partial charge is 0.495 e. The highest BCUT2D eigenvalue weighted by molar-refractivity contribution is 6.04. The number of hydrogen-bond donors (Lipinski definition) is 1. The topological polar surface area (TPSA) is 107 Å². The SMILES string of the molecule is COc1ccccc1NC(=O)c1cnc(-c2cccc([N+](=O)[O-])c2)nc1. The summed E-state index contributed by atoms with van der Waals surface area (Å²) >= 11 is 0. The maximum atomic E-state index is 12.3. The van der Waals surface area contributed by atoms with Crippen LogP contribution in [0.4, 0.5) is 11.4 Å². The minimum atomic E-state index is -0.488. The van der Waals surface area contributed by atoms with Gasteiger partial charge >= 0.3 is 0 Å². The number of carbonyl (C=O) groups is 1. The molecule has 1 N–H and O–H groups in total. The third kappa shape index (κ3) is 3.64. The fourth-order valence-corrected chi connectivity index (χ4v) is 2.30. The van der Waals surface area contributed by atoms with Crippen molar-refractivity contribution in [2.75, 3.05) is 12.4 Å². The number of methoxy groups -OCH3 is 1. The van der Waals surface area contributed by atoms with Crippen LogP contribution in [0.5, 0.6) is 5.75 Å². The van der Waals surface area contributed by atoms with Crippen LogP contribution in [-0.4, -0.2) is 27.9 Å². The van der Waals surface area contributed by atoms with Gasteiger partial charge in [-0.1, -0.05) is 24.3 Å². The van der Waals surface area contributed by atoms with E-state index in [0.717, 1.165) is 0 Å². The summed E-state index contributed by atoms with van der Waals surface area (Å²) in [4.78, 5) is 31.0. The van der Waals surface area contributed by atoms with E-state index < -0.39 is 4.92 Å². The number of ether oxygens (including phenoxy) is 1. The molecule has 26 heavy (non-hydrogen) atoms. The van der Waals surface area contributed by atoms with Gasteiger partial charge in [0.25, 0.3) is 11.6 Å². The van der Waals surface area contributed by atoms with Gasteiger partial charge in [-0.15, -0.1) is 0 Å². The third-order valence-corrected chi connectivity index (χ3v) is 3.58. The quantitative estimate of drug-likeness (QED) is 0.559. The normalized spacial score (nSPS) is 10.2. The minimum Gasteiger partial charge on any atom is -0.495 e. The first-order valence-corrected chi connectivity index (χ1v) is 7.59. The Labute approximate surface area is 148 Å². The number of aromatic nitrogens is 2. The highest BCUT2D eigenvalue weighted by Crippen LogP contribution is 2.24. The summed E-state index contributed by atoms with van der Waals surface area (Å²) in [6, 6.07) is 13.0. The Kier molecular flexibility index (Phi) is 4.84. The van der Waals surface area contributed by atoms with Gasteiger partial charge in [-0.05, 0) is 12.1 Å². The summed E-state index contributed by atoms with van der Waals surface area (Å²) in [5, 5.41) is 13.6. The van der Waals surface area contributed by atoms with Crippen molar-refractivity contribution in [3.63, 3.8) is 0 Å². The van der Waals surface area contributed by atoms with Crippen LogP contribution in [0.2, 0.25) is 0 Å². The highest BCUT2D eigenvalue weighted by Gasteiger charge is 2.12. The third-order valence-electron chi connectivity index (χ3n) is 3.58. The van der Waals surface area contributed by atoms with Gasteiger partial charge in [0.15, 0.2) is 5.82 Å². The first-order chi connectivity index (χ1) is 12.6. The number of nitro benzene ring substituents is 1. The fraction of sp³-hybridized carbons (Fsp3) is 0.0556. The number of nitro groups is 1. The Morgan fingerprint density at radius 1 is 1.12 bits per heavy atom. The van der Waals surface area contributed by atoms with Crippen LogP contribution in [0.3, 0.4) is 0 Å². The molecular weight excluding hydrogens is 336 g/mol. The van der Waals surface area contributed by atoms with Gasteiger partial charge in [0.2, 0.25) is 0 Å². The van der Waals surface area contributed by atoms with Crippen molar-refractivity contribution in [3.8, 4) is 17.1 Å². The van der Waals surface area contributed by atoms with Gasteiger partial charge < -0.3 is 10.1 Å². The molecule has 0 bridgehead atoms. The van der Waals surface area contributed by atoms with Crippen molar-refractivity contribution < 1.29 is 14.5 Å². The molecule has 0 aliphatic rings. The Hall–Kier alpha value is -3.81. The van der Waals surface area contributed by atoms with Crippen molar-refractivity contribution in [2.24, 2.45) is 0 Å². The molecule has 0 unspecified atom stereocenters. The summed E-state index contributed by atoms with van der Waals surface area (Å²) in [6.45, 7) is 0. The van der Waals surface area contributed by atoms with Crippen LogP contribution in [0.1, 0.15) is 10.4 Å². The number of hydrogen-bond acceptors (Lipinski definition) is 6. The van der Waals surface area contributed by atoms with Crippen molar-refractivity contribution in [2.45, 2.75) is 0 Å². The molecule has 8 nitrogen and oxygen atoms in total. The average molecular weight is 350 g/mol. The van der Waals surface area contributed by atoms with Crippen LogP contribution in [-0.2, 0) is 0 Å². The zero-order valence-electron chi connectivity index (χ0n) is 13.7. The second-order valence-electron chi connectivity index (χ2n) is 5.26.